The van der Waals surface area contributed by atoms with Gasteiger partial charge >= 0.3 is 0 Å². The lowest BCUT2D eigenvalue weighted by Gasteiger charge is -2.27. The molecular weight excluding hydrogens is 306 g/mol. The van der Waals surface area contributed by atoms with Crippen LogP contribution < -0.4 is 4.74 Å². The monoisotopic (exact) mass is 321 g/mol. The topological polar surface area (TPSA) is 42.2 Å². The van der Waals surface area contributed by atoms with E-state index in [0.29, 0.717) is 12.7 Å². The summed E-state index contributed by atoms with van der Waals surface area (Å²) in [5.41, 5.74) is -0.321. The molecule has 2 fully saturated rings. The number of nitriles is 1. The largest absolute Gasteiger partial charge is 0.494 e. The third-order valence-electron chi connectivity index (χ3n) is 4.17. The van der Waals surface area contributed by atoms with E-state index in [1.165, 1.54) is 0 Å². The van der Waals surface area contributed by atoms with E-state index in [4.69, 9.17) is 9.47 Å². The van der Waals surface area contributed by atoms with Crippen LogP contribution in [0.5, 0.6) is 5.75 Å². The van der Waals surface area contributed by atoms with Gasteiger partial charge in [0, 0.05) is 10.9 Å². The molecule has 0 N–H and O–H groups in total. The zero-order valence-electron chi connectivity index (χ0n) is 10.6. The SMILES string of the molecule is N#CC1(CCOc2ccc(Br)cc2)CC2CCC1O2. The van der Waals surface area contributed by atoms with Crippen molar-refractivity contribution in [3.8, 4) is 11.8 Å². The van der Waals surface area contributed by atoms with Gasteiger partial charge in [0.2, 0.25) is 0 Å². The van der Waals surface area contributed by atoms with Gasteiger partial charge in [0.25, 0.3) is 0 Å². The molecule has 0 aliphatic carbocycles. The summed E-state index contributed by atoms with van der Waals surface area (Å²) in [4.78, 5) is 0. The van der Waals surface area contributed by atoms with E-state index in [1.807, 2.05) is 24.3 Å². The summed E-state index contributed by atoms with van der Waals surface area (Å²) in [6, 6.07) is 10.3. The van der Waals surface area contributed by atoms with Gasteiger partial charge in [0.1, 0.15) is 5.75 Å². The van der Waals surface area contributed by atoms with E-state index in [-0.39, 0.29) is 11.5 Å². The Morgan fingerprint density at radius 1 is 1.37 bits per heavy atom. The molecule has 2 saturated heterocycles. The highest BCUT2D eigenvalue weighted by molar-refractivity contribution is 9.10. The molecule has 19 heavy (non-hydrogen) atoms. The van der Waals surface area contributed by atoms with Crippen molar-refractivity contribution in [1.29, 1.82) is 5.26 Å². The van der Waals surface area contributed by atoms with Gasteiger partial charge in [-0.2, -0.15) is 5.26 Å². The van der Waals surface area contributed by atoms with Crippen molar-refractivity contribution in [3.63, 3.8) is 0 Å². The van der Waals surface area contributed by atoms with Crippen LogP contribution in [0.4, 0.5) is 0 Å². The summed E-state index contributed by atoms with van der Waals surface area (Å²) in [6.45, 7) is 0.571. The fourth-order valence-electron chi connectivity index (χ4n) is 3.12. The smallest absolute Gasteiger partial charge is 0.119 e. The zero-order valence-corrected chi connectivity index (χ0v) is 12.2. The van der Waals surface area contributed by atoms with Gasteiger partial charge in [0.15, 0.2) is 0 Å². The Morgan fingerprint density at radius 2 is 2.16 bits per heavy atom. The zero-order chi connectivity index (χ0) is 13.3. The van der Waals surface area contributed by atoms with Crippen LogP contribution in [0.2, 0.25) is 0 Å². The first kappa shape index (κ1) is 13.0. The first-order valence-corrected chi connectivity index (χ1v) is 7.46. The van der Waals surface area contributed by atoms with Gasteiger partial charge in [0.05, 0.1) is 30.3 Å². The summed E-state index contributed by atoms with van der Waals surface area (Å²) in [7, 11) is 0. The Morgan fingerprint density at radius 3 is 2.74 bits per heavy atom. The van der Waals surface area contributed by atoms with Crippen molar-refractivity contribution in [2.75, 3.05) is 6.61 Å². The summed E-state index contributed by atoms with van der Waals surface area (Å²) in [5, 5.41) is 9.48. The third-order valence-corrected chi connectivity index (χ3v) is 4.70. The van der Waals surface area contributed by atoms with E-state index >= 15 is 0 Å². The predicted octanol–water partition coefficient (Wildman–Crippen LogP) is 3.68. The number of nitrogens with zero attached hydrogens (tertiary/aromatic N) is 1. The number of rotatable bonds is 4. The maximum absolute atomic E-state index is 9.48. The maximum Gasteiger partial charge on any atom is 0.119 e. The molecule has 3 unspecified atom stereocenters. The predicted molar refractivity (Wildman–Crippen MR) is 74.8 cm³/mol. The molecule has 3 atom stereocenters. The molecule has 4 heteroatoms. The Hall–Kier alpha value is -1.05. The Labute approximate surface area is 121 Å². The van der Waals surface area contributed by atoms with E-state index in [0.717, 1.165) is 35.9 Å². The molecule has 2 heterocycles. The van der Waals surface area contributed by atoms with E-state index in [1.54, 1.807) is 0 Å². The van der Waals surface area contributed by atoms with E-state index in [9.17, 15) is 5.26 Å². The lowest BCUT2D eigenvalue weighted by Crippen LogP contribution is -2.32. The summed E-state index contributed by atoms with van der Waals surface area (Å²) < 4.78 is 12.6. The number of fused-ring (bicyclic) bond motifs is 2. The third kappa shape index (κ3) is 2.50. The number of benzene rings is 1. The average molecular weight is 322 g/mol. The molecule has 0 saturated carbocycles. The molecule has 3 rings (SSSR count). The molecule has 2 bridgehead atoms. The second-order valence-corrected chi connectivity index (χ2v) is 6.26. The summed E-state index contributed by atoms with van der Waals surface area (Å²) >= 11 is 3.39. The second kappa shape index (κ2) is 5.15. The van der Waals surface area contributed by atoms with Crippen LogP contribution in [0.3, 0.4) is 0 Å². The lowest BCUT2D eigenvalue weighted by atomic mass is 9.73. The number of hydrogen-bond donors (Lipinski definition) is 0. The van der Waals surface area contributed by atoms with Gasteiger partial charge in [-0.25, -0.2) is 0 Å². The fourth-order valence-corrected chi connectivity index (χ4v) is 3.38. The molecule has 0 radical (unpaired) electrons. The maximum atomic E-state index is 9.48. The van der Waals surface area contributed by atoms with Gasteiger partial charge in [-0.05, 0) is 43.5 Å². The van der Waals surface area contributed by atoms with Crippen LogP contribution in [0, 0.1) is 16.7 Å². The van der Waals surface area contributed by atoms with Crippen molar-refractivity contribution >= 4 is 15.9 Å². The molecule has 1 aromatic rings. The van der Waals surface area contributed by atoms with Crippen LogP contribution in [-0.2, 0) is 4.74 Å². The van der Waals surface area contributed by atoms with E-state index < -0.39 is 0 Å². The molecule has 3 nitrogen and oxygen atoms in total. The lowest BCUT2D eigenvalue weighted by molar-refractivity contribution is 0.0714. The minimum atomic E-state index is -0.321. The van der Waals surface area contributed by atoms with Crippen LogP contribution in [0.15, 0.2) is 28.7 Å². The molecule has 2 aliphatic rings. The van der Waals surface area contributed by atoms with Gasteiger partial charge < -0.3 is 9.47 Å². The van der Waals surface area contributed by atoms with Gasteiger partial charge in [-0.3, -0.25) is 0 Å². The van der Waals surface area contributed by atoms with E-state index in [2.05, 4.69) is 22.0 Å². The quantitative estimate of drug-likeness (QED) is 0.849. The summed E-state index contributed by atoms with van der Waals surface area (Å²) in [5.74, 6) is 0.848. The summed E-state index contributed by atoms with van der Waals surface area (Å²) in [6.07, 6.45) is 4.19. The van der Waals surface area contributed by atoms with Crippen molar-refractivity contribution in [2.24, 2.45) is 5.41 Å². The Balaban J connectivity index is 1.57. The number of ether oxygens (including phenoxy) is 2. The molecule has 0 amide bonds. The van der Waals surface area contributed by atoms with Crippen LogP contribution in [0.1, 0.15) is 25.7 Å². The minimum absolute atomic E-state index is 0.121. The average Bonchev–Trinajstić information content (AvgIpc) is 3.02. The number of hydrogen-bond acceptors (Lipinski definition) is 3. The molecule has 1 aromatic carbocycles. The minimum Gasteiger partial charge on any atom is -0.494 e. The molecule has 100 valence electrons. The van der Waals surface area contributed by atoms with Crippen molar-refractivity contribution in [2.45, 2.75) is 37.9 Å². The van der Waals surface area contributed by atoms with Crippen molar-refractivity contribution in [3.05, 3.63) is 28.7 Å². The molecule has 0 aromatic heterocycles. The Kier molecular flexibility index (Phi) is 3.51. The van der Waals surface area contributed by atoms with Crippen LogP contribution in [-0.4, -0.2) is 18.8 Å². The number of halogens is 1. The highest BCUT2D eigenvalue weighted by atomic mass is 79.9. The first-order valence-electron chi connectivity index (χ1n) is 6.67. The normalized spacial score (nSPS) is 32.2. The molecular formula is C15H16BrNO2. The van der Waals surface area contributed by atoms with Gasteiger partial charge in [-0.1, -0.05) is 15.9 Å². The highest BCUT2D eigenvalue weighted by Gasteiger charge is 2.52. The van der Waals surface area contributed by atoms with Crippen molar-refractivity contribution in [1.82, 2.24) is 0 Å². The van der Waals surface area contributed by atoms with Gasteiger partial charge in [-0.15, -0.1) is 0 Å². The van der Waals surface area contributed by atoms with Crippen LogP contribution in [0.25, 0.3) is 0 Å². The van der Waals surface area contributed by atoms with Crippen molar-refractivity contribution < 1.29 is 9.47 Å². The first-order chi connectivity index (χ1) is 9.22. The standard InChI is InChI=1S/C15H16BrNO2/c16-11-1-3-12(4-2-11)18-8-7-15(10-17)9-13-5-6-14(15)19-13/h1-4,13-14H,5-9H2. The Bertz CT molecular complexity index is 496. The highest BCUT2D eigenvalue weighted by Crippen LogP contribution is 2.49. The fraction of sp³-hybridized carbons (Fsp3) is 0.533. The molecule has 0 spiro atoms. The second-order valence-electron chi connectivity index (χ2n) is 5.35. The molecule has 2 aliphatic heterocycles. The van der Waals surface area contributed by atoms with Crippen LogP contribution >= 0.6 is 15.9 Å².